The molecule has 1 amide bonds. The van der Waals surface area contributed by atoms with Gasteiger partial charge in [-0.05, 0) is 18.2 Å². The van der Waals surface area contributed by atoms with Gasteiger partial charge in [0.1, 0.15) is 17.3 Å². The van der Waals surface area contributed by atoms with Gasteiger partial charge >= 0.3 is 6.61 Å². The van der Waals surface area contributed by atoms with Gasteiger partial charge in [0.05, 0.1) is 0 Å². The number of amides is 1. The van der Waals surface area contributed by atoms with Gasteiger partial charge in [-0.25, -0.2) is 4.39 Å². The van der Waals surface area contributed by atoms with Crippen molar-refractivity contribution in [3.05, 3.63) is 47.5 Å². The van der Waals surface area contributed by atoms with Crippen LogP contribution in [0.4, 0.5) is 13.2 Å². The maximum atomic E-state index is 13.6. The topological polar surface area (TPSA) is 67.0 Å². The zero-order valence-corrected chi connectivity index (χ0v) is 10.1. The van der Waals surface area contributed by atoms with Crippen molar-refractivity contribution in [1.82, 2.24) is 15.5 Å². The molecule has 2 aromatic rings. The molecule has 0 spiro atoms. The van der Waals surface area contributed by atoms with Crippen LogP contribution in [0.1, 0.15) is 16.1 Å². The zero-order chi connectivity index (χ0) is 14.5. The van der Waals surface area contributed by atoms with Crippen LogP contribution in [-0.2, 0) is 6.54 Å². The van der Waals surface area contributed by atoms with Crippen LogP contribution in [-0.4, -0.2) is 22.7 Å². The summed E-state index contributed by atoms with van der Waals surface area (Å²) in [7, 11) is 0. The molecule has 2 rings (SSSR count). The molecule has 0 aliphatic heterocycles. The number of carbonyl (C=O) groups excluding carboxylic acids is 1. The maximum absolute atomic E-state index is 13.6. The Kier molecular flexibility index (Phi) is 4.24. The average Bonchev–Trinajstić information content (AvgIpc) is 2.91. The molecule has 0 unspecified atom stereocenters. The third-order valence-corrected chi connectivity index (χ3v) is 2.46. The van der Waals surface area contributed by atoms with Crippen LogP contribution in [0.25, 0.3) is 0 Å². The van der Waals surface area contributed by atoms with Crippen LogP contribution in [0.2, 0.25) is 0 Å². The number of halogens is 3. The van der Waals surface area contributed by atoms with E-state index in [9.17, 15) is 18.0 Å². The predicted octanol–water partition coefficient (Wildman–Crippen LogP) is 2.08. The molecule has 1 heterocycles. The first kappa shape index (κ1) is 13.9. The number of nitrogens with zero attached hydrogens (tertiary/aromatic N) is 1. The van der Waals surface area contributed by atoms with E-state index in [4.69, 9.17) is 0 Å². The minimum Gasteiger partial charge on any atom is -0.434 e. The van der Waals surface area contributed by atoms with Crippen LogP contribution in [0.5, 0.6) is 5.75 Å². The second kappa shape index (κ2) is 6.09. The molecule has 20 heavy (non-hydrogen) atoms. The summed E-state index contributed by atoms with van der Waals surface area (Å²) in [6.45, 7) is -3.36. The molecule has 1 aromatic heterocycles. The first-order valence-corrected chi connectivity index (χ1v) is 5.57. The number of rotatable bonds is 5. The van der Waals surface area contributed by atoms with Crippen molar-refractivity contribution >= 4 is 5.91 Å². The van der Waals surface area contributed by atoms with Crippen LogP contribution in [0, 0.1) is 5.82 Å². The highest BCUT2D eigenvalue weighted by Gasteiger charge is 2.15. The van der Waals surface area contributed by atoms with Crippen LogP contribution < -0.4 is 10.1 Å². The van der Waals surface area contributed by atoms with Gasteiger partial charge < -0.3 is 10.1 Å². The quantitative estimate of drug-likeness (QED) is 0.884. The third kappa shape index (κ3) is 3.28. The van der Waals surface area contributed by atoms with Crippen molar-refractivity contribution in [3.63, 3.8) is 0 Å². The van der Waals surface area contributed by atoms with Crippen LogP contribution in [0.15, 0.2) is 30.5 Å². The van der Waals surface area contributed by atoms with E-state index in [1.807, 2.05) is 0 Å². The van der Waals surface area contributed by atoms with Crippen LogP contribution in [0.3, 0.4) is 0 Å². The molecule has 0 bridgehead atoms. The van der Waals surface area contributed by atoms with Crippen molar-refractivity contribution in [2.45, 2.75) is 13.2 Å². The second-order valence-corrected chi connectivity index (χ2v) is 3.75. The number of carbonyl (C=O) groups is 1. The number of H-pyrrole nitrogens is 1. The van der Waals surface area contributed by atoms with Gasteiger partial charge in [0.2, 0.25) is 0 Å². The SMILES string of the molecule is O=C(NCc1c(F)cccc1OC(F)F)c1ccn[nH]1. The van der Waals surface area contributed by atoms with Gasteiger partial charge in [-0.2, -0.15) is 13.9 Å². The number of nitrogens with one attached hydrogen (secondary N) is 2. The molecular formula is C12H10F3N3O2. The van der Waals surface area contributed by atoms with Crippen molar-refractivity contribution in [2.24, 2.45) is 0 Å². The number of aromatic amines is 1. The number of aromatic nitrogens is 2. The molecule has 2 N–H and O–H groups in total. The van der Waals surface area contributed by atoms with Crippen LogP contribution >= 0.6 is 0 Å². The van der Waals surface area contributed by atoms with Gasteiger partial charge in [0.15, 0.2) is 0 Å². The molecule has 0 saturated carbocycles. The fourth-order valence-electron chi connectivity index (χ4n) is 1.56. The van der Waals surface area contributed by atoms with Gasteiger partial charge in [0.25, 0.3) is 5.91 Å². The van der Waals surface area contributed by atoms with Crippen molar-refractivity contribution < 1.29 is 22.7 Å². The lowest BCUT2D eigenvalue weighted by molar-refractivity contribution is -0.0506. The summed E-state index contributed by atoms with van der Waals surface area (Å²) in [5.41, 5.74) is 0.0262. The summed E-state index contributed by atoms with van der Waals surface area (Å²) in [5.74, 6) is -1.59. The Labute approximate surface area is 111 Å². The van der Waals surface area contributed by atoms with E-state index < -0.39 is 18.3 Å². The fourth-order valence-corrected chi connectivity index (χ4v) is 1.56. The van der Waals surface area contributed by atoms with E-state index in [0.717, 1.165) is 6.07 Å². The fraction of sp³-hybridized carbons (Fsp3) is 0.167. The average molecular weight is 285 g/mol. The van der Waals surface area contributed by atoms with E-state index in [-0.39, 0.29) is 23.6 Å². The monoisotopic (exact) mass is 285 g/mol. The van der Waals surface area contributed by atoms with Gasteiger partial charge in [-0.3, -0.25) is 9.89 Å². The summed E-state index contributed by atoms with van der Waals surface area (Å²) in [6, 6.07) is 4.96. The first-order chi connectivity index (χ1) is 9.58. The Hall–Kier alpha value is -2.51. The van der Waals surface area contributed by atoms with Gasteiger partial charge in [0, 0.05) is 18.3 Å². The minimum atomic E-state index is -3.07. The normalized spacial score (nSPS) is 10.6. The molecule has 8 heteroatoms. The molecule has 0 fully saturated rings. The lowest BCUT2D eigenvalue weighted by atomic mass is 10.2. The van der Waals surface area contributed by atoms with E-state index in [1.165, 1.54) is 24.4 Å². The lowest BCUT2D eigenvalue weighted by Crippen LogP contribution is -2.24. The second-order valence-electron chi connectivity index (χ2n) is 3.75. The zero-order valence-electron chi connectivity index (χ0n) is 10.1. The van der Waals surface area contributed by atoms with Crippen molar-refractivity contribution in [2.75, 3.05) is 0 Å². The Morgan fingerprint density at radius 1 is 1.40 bits per heavy atom. The van der Waals surface area contributed by atoms with E-state index in [0.29, 0.717) is 0 Å². The van der Waals surface area contributed by atoms with Gasteiger partial charge in [-0.15, -0.1) is 0 Å². The predicted molar refractivity (Wildman–Crippen MR) is 62.8 cm³/mol. The highest BCUT2D eigenvalue weighted by atomic mass is 19.3. The number of benzene rings is 1. The molecule has 5 nitrogen and oxygen atoms in total. The van der Waals surface area contributed by atoms with E-state index in [2.05, 4.69) is 20.3 Å². The molecule has 1 aromatic carbocycles. The molecular weight excluding hydrogens is 275 g/mol. The Bertz CT molecular complexity index is 588. The highest BCUT2D eigenvalue weighted by Crippen LogP contribution is 2.23. The van der Waals surface area contributed by atoms with Gasteiger partial charge in [-0.1, -0.05) is 6.07 Å². The van der Waals surface area contributed by atoms with E-state index >= 15 is 0 Å². The summed E-state index contributed by atoms with van der Waals surface area (Å²) in [5, 5.41) is 8.40. The molecule has 106 valence electrons. The smallest absolute Gasteiger partial charge is 0.387 e. The molecule has 0 saturated heterocycles. The Morgan fingerprint density at radius 2 is 2.20 bits per heavy atom. The number of hydrogen-bond donors (Lipinski definition) is 2. The maximum Gasteiger partial charge on any atom is 0.387 e. The minimum absolute atomic E-state index is 0.152. The Morgan fingerprint density at radius 3 is 2.85 bits per heavy atom. The molecule has 0 radical (unpaired) electrons. The molecule has 0 aliphatic rings. The first-order valence-electron chi connectivity index (χ1n) is 5.57. The van der Waals surface area contributed by atoms with E-state index in [1.54, 1.807) is 0 Å². The lowest BCUT2D eigenvalue weighted by Gasteiger charge is -2.12. The van der Waals surface area contributed by atoms with Crippen molar-refractivity contribution in [1.29, 1.82) is 0 Å². The number of ether oxygens (including phenoxy) is 1. The summed E-state index contributed by atoms with van der Waals surface area (Å²) >= 11 is 0. The number of hydrogen-bond acceptors (Lipinski definition) is 3. The highest BCUT2D eigenvalue weighted by molar-refractivity contribution is 5.92. The molecule has 0 aliphatic carbocycles. The third-order valence-electron chi connectivity index (χ3n) is 2.46. The standard InChI is InChI=1S/C12H10F3N3O2/c13-8-2-1-3-10(20-12(14)15)7(8)6-16-11(19)9-4-5-17-18-9/h1-5,12H,6H2,(H,16,19)(H,17,18). The number of alkyl halides is 2. The Balaban J connectivity index is 2.10. The summed E-state index contributed by atoms with van der Waals surface area (Å²) in [4.78, 5) is 11.6. The molecule has 0 atom stereocenters. The summed E-state index contributed by atoms with van der Waals surface area (Å²) < 4.78 is 42.2. The largest absolute Gasteiger partial charge is 0.434 e. The summed E-state index contributed by atoms with van der Waals surface area (Å²) in [6.07, 6.45) is 1.38. The van der Waals surface area contributed by atoms with Crippen molar-refractivity contribution in [3.8, 4) is 5.75 Å².